The Balaban J connectivity index is 1.91. The smallest absolute Gasteiger partial charge is 0.272 e. The molecule has 132 valence electrons. The fourth-order valence-electron chi connectivity index (χ4n) is 2.34. The lowest BCUT2D eigenvalue weighted by Crippen LogP contribution is -2.18. The summed E-state index contributed by atoms with van der Waals surface area (Å²) in [5.41, 5.74) is 0.529. The Kier molecular flexibility index (Phi) is 5.25. The highest BCUT2D eigenvalue weighted by atomic mass is 35.5. The highest BCUT2D eigenvalue weighted by Gasteiger charge is 2.16. The Bertz CT molecular complexity index is 996. The van der Waals surface area contributed by atoms with Crippen molar-refractivity contribution in [2.45, 2.75) is 6.54 Å². The van der Waals surface area contributed by atoms with Crippen LogP contribution in [-0.2, 0) is 6.54 Å². The van der Waals surface area contributed by atoms with Crippen LogP contribution in [0.15, 0.2) is 65.6 Å². The zero-order valence-electron chi connectivity index (χ0n) is 13.3. The predicted octanol–water partition coefficient (Wildman–Crippen LogP) is 4.90. The van der Waals surface area contributed by atoms with Gasteiger partial charge >= 0.3 is 0 Å². The summed E-state index contributed by atoms with van der Waals surface area (Å²) >= 11 is 12.1. The Morgan fingerprint density at radius 3 is 2.31 bits per heavy atom. The van der Waals surface area contributed by atoms with Crippen LogP contribution in [0, 0.1) is 10.1 Å². The van der Waals surface area contributed by atoms with Crippen LogP contribution in [0.25, 0.3) is 0 Å². The maximum absolute atomic E-state index is 12.1. The molecule has 3 rings (SSSR count). The summed E-state index contributed by atoms with van der Waals surface area (Å²) in [7, 11) is 0. The van der Waals surface area contributed by atoms with Crippen LogP contribution in [-0.4, -0.2) is 9.49 Å². The summed E-state index contributed by atoms with van der Waals surface area (Å²) in [6, 6.07) is 14.6. The average molecular weight is 391 g/mol. The van der Waals surface area contributed by atoms with E-state index in [4.69, 9.17) is 27.9 Å². The second-order valence-corrected chi connectivity index (χ2v) is 6.23. The van der Waals surface area contributed by atoms with Crippen LogP contribution in [0.3, 0.4) is 0 Å². The van der Waals surface area contributed by atoms with Crippen LogP contribution in [0.1, 0.15) is 5.56 Å². The van der Waals surface area contributed by atoms with E-state index in [1.54, 1.807) is 0 Å². The molecule has 0 unspecified atom stereocenters. The Morgan fingerprint density at radius 1 is 1.04 bits per heavy atom. The third-order valence-corrected chi connectivity index (χ3v) is 4.13. The first kappa shape index (κ1) is 18.0. The molecule has 0 saturated carbocycles. The normalized spacial score (nSPS) is 10.5. The third-order valence-electron chi connectivity index (χ3n) is 3.57. The van der Waals surface area contributed by atoms with E-state index in [1.807, 2.05) is 30.3 Å². The minimum Gasteiger partial charge on any atom is -0.453 e. The van der Waals surface area contributed by atoms with E-state index in [-0.39, 0.29) is 27.0 Å². The lowest BCUT2D eigenvalue weighted by molar-refractivity contribution is -0.384. The van der Waals surface area contributed by atoms with Gasteiger partial charge in [-0.1, -0.05) is 53.5 Å². The number of ether oxygens (including phenoxy) is 1. The van der Waals surface area contributed by atoms with Crippen molar-refractivity contribution < 1.29 is 9.66 Å². The highest BCUT2D eigenvalue weighted by molar-refractivity contribution is 6.37. The molecule has 6 nitrogen and oxygen atoms in total. The molecule has 0 saturated heterocycles. The van der Waals surface area contributed by atoms with Crippen LogP contribution >= 0.6 is 23.2 Å². The van der Waals surface area contributed by atoms with Crippen LogP contribution in [0.5, 0.6) is 11.5 Å². The molecule has 0 bridgehead atoms. The molecule has 2 aromatic carbocycles. The van der Waals surface area contributed by atoms with Gasteiger partial charge in [-0.2, -0.15) is 0 Å². The summed E-state index contributed by atoms with van der Waals surface area (Å²) in [6.45, 7) is 0.374. The number of pyridine rings is 1. The van der Waals surface area contributed by atoms with Gasteiger partial charge in [-0.15, -0.1) is 0 Å². The molecule has 3 aromatic rings. The molecule has 0 radical (unpaired) electrons. The van der Waals surface area contributed by atoms with Gasteiger partial charge in [0.1, 0.15) is 5.75 Å². The molecule has 1 heterocycles. The molecule has 0 N–H and O–H groups in total. The first-order valence-electron chi connectivity index (χ1n) is 7.50. The maximum Gasteiger partial charge on any atom is 0.272 e. The van der Waals surface area contributed by atoms with Gasteiger partial charge in [-0.3, -0.25) is 14.9 Å². The minimum absolute atomic E-state index is 0.00464. The van der Waals surface area contributed by atoms with Crippen molar-refractivity contribution in [3.63, 3.8) is 0 Å². The van der Waals surface area contributed by atoms with Crippen LogP contribution < -0.4 is 10.3 Å². The molecule has 0 spiro atoms. The van der Waals surface area contributed by atoms with E-state index in [1.165, 1.54) is 22.9 Å². The van der Waals surface area contributed by atoms with Gasteiger partial charge < -0.3 is 9.30 Å². The number of aromatic nitrogens is 1. The zero-order chi connectivity index (χ0) is 18.7. The SMILES string of the molecule is O=c1ccc(Oc2c(Cl)cc([N+](=O)[O-])cc2Cl)cn1Cc1ccccc1. The van der Waals surface area contributed by atoms with E-state index < -0.39 is 4.92 Å². The number of benzene rings is 2. The maximum atomic E-state index is 12.1. The van der Waals surface area contributed by atoms with Crippen molar-refractivity contribution in [1.29, 1.82) is 0 Å². The summed E-state index contributed by atoms with van der Waals surface area (Å²) in [4.78, 5) is 22.3. The molecule has 8 heteroatoms. The van der Waals surface area contributed by atoms with Crippen molar-refractivity contribution in [2.24, 2.45) is 0 Å². The number of nitro groups is 1. The minimum atomic E-state index is -0.596. The number of non-ortho nitro benzene ring substituents is 1. The molecule has 1 aromatic heterocycles. The average Bonchev–Trinajstić information content (AvgIpc) is 2.61. The molecule has 26 heavy (non-hydrogen) atoms. The molecule has 0 aliphatic carbocycles. The summed E-state index contributed by atoms with van der Waals surface area (Å²) in [5, 5.41) is 10.8. The monoisotopic (exact) mass is 390 g/mol. The number of hydrogen-bond donors (Lipinski definition) is 0. The van der Waals surface area contributed by atoms with Crippen molar-refractivity contribution in [3.8, 4) is 11.5 Å². The van der Waals surface area contributed by atoms with Crippen molar-refractivity contribution in [2.75, 3.05) is 0 Å². The number of hydrogen-bond acceptors (Lipinski definition) is 4. The number of nitro benzene ring substituents is 1. The standard InChI is InChI=1S/C18H12Cl2N2O4/c19-15-8-13(22(24)25)9-16(20)18(15)26-14-6-7-17(23)21(11-14)10-12-4-2-1-3-5-12/h1-9,11H,10H2. The molecular formula is C18H12Cl2N2O4. The molecule has 0 amide bonds. The van der Waals surface area contributed by atoms with Gasteiger partial charge in [0.15, 0.2) is 5.75 Å². The predicted molar refractivity (Wildman–Crippen MR) is 99.4 cm³/mol. The van der Waals surface area contributed by atoms with Crippen molar-refractivity contribution in [3.05, 3.63) is 96.9 Å². The van der Waals surface area contributed by atoms with Crippen molar-refractivity contribution in [1.82, 2.24) is 4.57 Å². The molecule has 0 atom stereocenters. The lowest BCUT2D eigenvalue weighted by Gasteiger charge is -2.12. The van der Waals surface area contributed by atoms with E-state index in [2.05, 4.69) is 0 Å². The van der Waals surface area contributed by atoms with E-state index in [0.717, 1.165) is 17.7 Å². The fraction of sp³-hybridized carbons (Fsp3) is 0.0556. The van der Waals surface area contributed by atoms with E-state index in [0.29, 0.717) is 12.3 Å². The second kappa shape index (κ2) is 7.59. The van der Waals surface area contributed by atoms with Crippen molar-refractivity contribution >= 4 is 28.9 Å². The van der Waals surface area contributed by atoms with Crippen LogP contribution in [0.4, 0.5) is 5.69 Å². The molecule has 0 aliphatic rings. The zero-order valence-corrected chi connectivity index (χ0v) is 14.8. The van der Waals surface area contributed by atoms with E-state index in [9.17, 15) is 14.9 Å². The summed E-state index contributed by atoms with van der Waals surface area (Å²) in [5.74, 6) is 0.419. The Hall–Kier alpha value is -2.83. The highest BCUT2D eigenvalue weighted by Crippen LogP contribution is 2.39. The van der Waals surface area contributed by atoms with Gasteiger partial charge in [0.05, 0.1) is 27.7 Å². The quantitative estimate of drug-likeness (QED) is 0.458. The largest absolute Gasteiger partial charge is 0.453 e. The first-order chi connectivity index (χ1) is 12.4. The number of rotatable bonds is 5. The second-order valence-electron chi connectivity index (χ2n) is 5.41. The number of nitrogens with zero attached hydrogens (tertiary/aromatic N) is 2. The first-order valence-corrected chi connectivity index (χ1v) is 8.25. The number of halogens is 2. The van der Waals surface area contributed by atoms with Gasteiger partial charge in [0.25, 0.3) is 11.2 Å². The van der Waals surface area contributed by atoms with Gasteiger partial charge in [0, 0.05) is 18.2 Å². The molecule has 0 fully saturated rings. The van der Waals surface area contributed by atoms with Crippen LogP contribution in [0.2, 0.25) is 10.0 Å². The lowest BCUT2D eigenvalue weighted by atomic mass is 10.2. The summed E-state index contributed by atoms with van der Waals surface area (Å²) < 4.78 is 7.15. The van der Waals surface area contributed by atoms with Gasteiger partial charge in [-0.05, 0) is 11.6 Å². The Labute approximate surface area is 158 Å². The Morgan fingerprint density at radius 2 is 1.69 bits per heavy atom. The fourth-order valence-corrected chi connectivity index (χ4v) is 2.89. The summed E-state index contributed by atoms with van der Waals surface area (Å²) in [6.07, 6.45) is 1.53. The van der Waals surface area contributed by atoms with Gasteiger partial charge in [-0.25, -0.2) is 0 Å². The molecular weight excluding hydrogens is 379 g/mol. The molecule has 0 aliphatic heterocycles. The van der Waals surface area contributed by atoms with E-state index >= 15 is 0 Å². The van der Waals surface area contributed by atoms with Gasteiger partial charge in [0.2, 0.25) is 0 Å². The topological polar surface area (TPSA) is 74.4 Å². The third kappa shape index (κ3) is 4.04.